The fourth-order valence-corrected chi connectivity index (χ4v) is 3.11. The lowest BCUT2D eigenvalue weighted by atomic mass is 9.78. The van der Waals surface area contributed by atoms with E-state index in [1.807, 2.05) is 0 Å². The van der Waals surface area contributed by atoms with Gasteiger partial charge in [-0.1, -0.05) is 26.7 Å². The molecule has 2 rings (SSSR count). The highest BCUT2D eigenvalue weighted by Crippen LogP contribution is 2.29. The molecule has 24 heavy (non-hydrogen) atoms. The Labute approximate surface area is 146 Å². The summed E-state index contributed by atoms with van der Waals surface area (Å²) in [6.45, 7) is 4.45. The van der Waals surface area contributed by atoms with Gasteiger partial charge in [0.05, 0.1) is 4.92 Å². The summed E-state index contributed by atoms with van der Waals surface area (Å²) in [7, 11) is 0. The van der Waals surface area contributed by atoms with Gasteiger partial charge in [-0.3, -0.25) is 25.8 Å². The topological polar surface area (TPSA) is 96.3 Å². The maximum Gasteiger partial charge on any atom is 0.269 e. The summed E-state index contributed by atoms with van der Waals surface area (Å²) in [5.41, 5.74) is 5.45. The molecule has 1 aromatic rings. The molecule has 1 aliphatic rings. The monoisotopic (exact) mass is 350 g/mol. The Morgan fingerprint density at radius 3 is 2.50 bits per heavy atom. The summed E-state index contributed by atoms with van der Waals surface area (Å²) in [5, 5.41) is 14.2. The van der Waals surface area contributed by atoms with E-state index in [9.17, 15) is 14.9 Å². The molecule has 0 heterocycles. The summed E-state index contributed by atoms with van der Waals surface area (Å²) in [5.74, 6) is 0.761. The van der Waals surface area contributed by atoms with Crippen molar-refractivity contribution >= 4 is 28.9 Å². The van der Waals surface area contributed by atoms with Crippen molar-refractivity contribution in [3.8, 4) is 0 Å². The van der Waals surface area contributed by atoms with Crippen LogP contribution in [-0.2, 0) is 0 Å². The second-order valence-electron chi connectivity index (χ2n) is 6.23. The van der Waals surface area contributed by atoms with Gasteiger partial charge in [0.15, 0.2) is 5.11 Å². The van der Waals surface area contributed by atoms with Crippen LogP contribution in [0, 0.1) is 22.0 Å². The fraction of sp³-hybridized carbons (Fsp3) is 0.500. The molecule has 0 unspecified atom stereocenters. The second-order valence-corrected chi connectivity index (χ2v) is 6.64. The first-order valence-corrected chi connectivity index (χ1v) is 8.40. The molecule has 0 bridgehead atoms. The Morgan fingerprint density at radius 1 is 1.21 bits per heavy atom. The van der Waals surface area contributed by atoms with Crippen molar-refractivity contribution < 1.29 is 9.72 Å². The first kappa shape index (κ1) is 18.1. The standard InChI is InChI=1S/C16H22N4O3S/c1-10-4-3-5-14(11(10)2)17-16(24)19-18-15(21)12-6-8-13(9-7-12)20(22)23/h6-11,14H,3-5H2,1-2H3,(H,18,21)(H2,17,19,24)/t10-,11+,14+/m0/s1. The van der Waals surface area contributed by atoms with Crippen LogP contribution in [-0.4, -0.2) is 22.0 Å². The summed E-state index contributed by atoms with van der Waals surface area (Å²) in [4.78, 5) is 22.1. The molecule has 8 heteroatoms. The van der Waals surface area contributed by atoms with Gasteiger partial charge in [0.2, 0.25) is 0 Å². The number of thiocarbonyl (C=S) groups is 1. The van der Waals surface area contributed by atoms with Gasteiger partial charge >= 0.3 is 0 Å². The number of nitrogens with zero attached hydrogens (tertiary/aromatic N) is 1. The summed E-state index contributed by atoms with van der Waals surface area (Å²) < 4.78 is 0. The second kappa shape index (κ2) is 8.05. The minimum Gasteiger partial charge on any atom is -0.358 e. The van der Waals surface area contributed by atoms with E-state index < -0.39 is 10.8 Å². The molecular formula is C16H22N4O3S. The SMILES string of the molecule is C[C@@H]1[C@@H](C)CCC[C@H]1NC(=S)NNC(=O)c1ccc([N+](=O)[O-])cc1. The smallest absolute Gasteiger partial charge is 0.269 e. The van der Waals surface area contributed by atoms with Crippen molar-refractivity contribution in [3.63, 3.8) is 0 Å². The molecule has 1 aliphatic carbocycles. The van der Waals surface area contributed by atoms with Crippen LogP contribution in [0.3, 0.4) is 0 Å². The number of nitro groups is 1. The van der Waals surface area contributed by atoms with Crippen molar-refractivity contribution in [1.82, 2.24) is 16.2 Å². The van der Waals surface area contributed by atoms with E-state index >= 15 is 0 Å². The predicted molar refractivity (Wildman–Crippen MR) is 95.4 cm³/mol. The van der Waals surface area contributed by atoms with Gasteiger partial charge in [0.1, 0.15) is 0 Å². The first-order chi connectivity index (χ1) is 11.4. The minimum absolute atomic E-state index is 0.0582. The molecule has 1 amide bonds. The zero-order valence-corrected chi connectivity index (χ0v) is 14.6. The zero-order chi connectivity index (χ0) is 17.7. The molecule has 0 spiro atoms. The third-order valence-electron chi connectivity index (χ3n) is 4.65. The number of benzene rings is 1. The zero-order valence-electron chi connectivity index (χ0n) is 13.7. The maximum atomic E-state index is 12.0. The van der Waals surface area contributed by atoms with Crippen LogP contribution in [0.4, 0.5) is 5.69 Å². The van der Waals surface area contributed by atoms with Crippen LogP contribution in [0.2, 0.25) is 0 Å². The van der Waals surface area contributed by atoms with Crippen LogP contribution in [0.15, 0.2) is 24.3 Å². The first-order valence-electron chi connectivity index (χ1n) is 7.99. The Balaban J connectivity index is 1.82. The maximum absolute atomic E-state index is 12.0. The lowest BCUT2D eigenvalue weighted by molar-refractivity contribution is -0.384. The van der Waals surface area contributed by atoms with E-state index in [2.05, 4.69) is 30.0 Å². The van der Waals surface area contributed by atoms with Crippen LogP contribution < -0.4 is 16.2 Å². The molecule has 3 atom stereocenters. The van der Waals surface area contributed by atoms with Crippen molar-refractivity contribution in [2.75, 3.05) is 0 Å². The van der Waals surface area contributed by atoms with Gasteiger partial charge in [0, 0.05) is 23.7 Å². The van der Waals surface area contributed by atoms with E-state index in [1.54, 1.807) is 0 Å². The molecule has 0 radical (unpaired) electrons. The molecule has 1 aromatic carbocycles. The van der Waals surface area contributed by atoms with Crippen molar-refractivity contribution in [2.24, 2.45) is 11.8 Å². The van der Waals surface area contributed by atoms with Gasteiger partial charge in [-0.2, -0.15) is 0 Å². The third-order valence-corrected chi connectivity index (χ3v) is 4.87. The largest absolute Gasteiger partial charge is 0.358 e. The third kappa shape index (κ3) is 4.64. The average molecular weight is 350 g/mol. The quantitative estimate of drug-likeness (QED) is 0.440. The number of carbonyl (C=O) groups excluding carboxylic acids is 1. The molecule has 130 valence electrons. The van der Waals surface area contributed by atoms with Crippen molar-refractivity contribution in [3.05, 3.63) is 39.9 Å². The van der Waals surface area contributed by atoms with Crippen molar-refractivity contribution in [2.45, 2.75) is 39.2 Å². The summed E-state index contributed by atoms with van der Waals surface area (Å²) in [6, 6.07) is 5.67. The number of carbonyl (C=O) groups is 1. The van der Waals surface area contributed by atoms with E-state index in [0.29, 0.717) is 28.6 Å². The van der Waals surface area contributed by atoms with Crippen LogP contribution in [0.1, 0.15) is 43.5 Å². The number of amides is 1. The molecule has 0 saturated heterocycles. The fourth-order valence-electron chi connectivity index (χ4n) is 2.91. The Morgan fingerprint density at radius 2 is 1.88 bits per heavy atom. The lowest BCUT2D eigenvalue weighted by Crippen LogP contribution is -2.52. The molecular weight excluding hydrogens is 328 g/mol. The number of hydrazine groups is 1. The summed E-state index contributed by atoms with van der Waals surface area (Å²) >= 11 is 5.22. The average Bonchev–Trinajstić information content (AvgIpc) is 2.57. The van der Waals surface area contributed by atoms with E-state index in [1.165, 1.54) is 37.1 Å². The van der Waals surface area contributed by atoms with Gasteiger partial charge in [-0.15, -0.1) is 0 Å². The molecule has 7 nitrogen and oxygen atoms in total. The molecule has 3 N–H and O–H groups in total. The van der Waals surface area contributed by atoms with Crippen LogP contribution in [0.5, 0.6) is 0 Å². The number of nitrogens with one attached hydrogen (secondary N) is 3. The Hall–Kier alpha value is -2.22. The normalized spacial score (nSPS) is 23.2. The van der Waals surface area contributed by atoms with Crippen LogP contribution in [0.25, 0.3) is 0 Å². The van der Waals surface area contributed by atoms with E-state index in [-0.39, 0.29) is 5.69 Å². The van der Waals surface area contributed by atoms with Gasteiger partial charge in [-0.25, -0.2) is 0 Å². The van der Waals surface area contributed by atoms with E-state index in [0.717, 1.165) is 6.42 Å². The molecule has 0 aromatic heterocycles. The van der Waals surface area contributed by atoms with E-state index in [4.69, 9.17) is 12.2 Å². The molecule has 0 aliphatic heterocycles. The molecule has 1 saturated carbocycles. The lowest BCUT2D eigenvalue weighted by Gasteiger charge is -2.35. The van der Waals surface area contributed by atoms with Gasteiger partial charge in [0.25, 0.3) is 11.6 Å². The Bertz CT molecular complexity index is 620. The minimum atomic E-state index is -0.509. The number of hydrogen-bond acceptors (Lipinski definition) is 4. The van der Waals surface area contributed by atoms with Gasteiger partial charge < -0.3 is 5.32 Å². The highest BCUT2D eigenvalue weighted by atomic mass is 32.1. The summed E-state index contributed by atoms with van der Waals surface area (Å²) in [6.07, 6.45) is 3.46. The number of hydrogen-bond donors (Lipinski definition) is 3. The number of non-ortho nitro benzene ring substituents is 1. The Kier molecular flexibility index (Phi) is 6.08. The highest BCUT2D eigenvalue weighted by Gasteiger charge is 2.27. The number of nitro benzene ring substituents is 1. The highest BCUT2D eigenvalue weighted by molar-refractivity contribution is 7.80. The molecule has 1 fully saturated rings. The number of rotatable bonds is 3. The van der Waals surface area contributed by atoms with Crippen molar-refractivity contribution in [1.29, 1.82) is 0 Å². The predicted octanol–water partition coefficient (Wildman–Crippen LogP) is 2.53. The van der Waals surface area contributed by atoms with Gasteiger partial charge in [-0.05, 0) is 42.6 Å². The van der Waals surface area contributed by atoms with Crippen LogP contribution >= 0.6 is 12.2 Å².